The fourth-order valence-electron chi connectivity index (χ4n) is 1.85. The Morgan fingerprint density at radius 3 is 2.52 bits per heavy atom. The summed E-state index contributed by atoms with van der Waals surface area (Å²) in [5.74, 6) is -1.23. The first kappa shape index (κ1) is 17.6. The molecule has 1 aromatic carbocycles. The lowest BCUT2D eigenvalue weighted by Gasteiger charge is -2.10. The SMILES string of the molecule is Cc1cc(F)c(C(=O)OCCCC(C)C)cc1S(N)(=O)=O. The second-order valence-corrected chi connectivity index (χ2v) is 6.84. The van der Waals surface area contributed by atoms with Crippen molar-refractivity contribution < 1.29 is 22.3 Å². The molecule has 0 atom stereocenters. The Morgan fingerprint density at radius 1 is 1.38 bits per heavy atom. The third kappa shape index (κ3) is 5.09. The van der Waals surface area contributed by atoms with Crippen molar-refractivity contribution in [3.8, 4) is 0 Å². The molecule has 0 aromatic heterocycles. The molecular formula is C14H20FNO4S. The van der Waals surface area contributed by atoms with Crippen molar-refractivity contribution in [2.24, 2.45) is 11.1 Å². The molecule has 0 aliphatic rings. The van der Waals surface area contributed by atoms with Gasteiger partial charge in [0.1, 0.15) is 5.82 Å². The molecule has 0 saturated carbocycles. The lowest BCUT2D eigenvalue weighted by Crippen LogP contribution is -2.16. The first-order valence-corrected chi connectivity index (χ1v) is 8.17. The van der Waals surface area contributed by atoms with Crippen LogP contribution in [-0.2, 0) is 14.8 Å². The van der Waals surface area contributed by atoms with Crippen LogP contribution in [0.5, 0.6) is 0 Å². The van der Waals surface area contributed by atoms with Crippen molar-refractivity contribution in [1.29, 1.82) is 0 Å². The largest absolute Gasteiger partial charge is 0.462 e. The predicted molar refractivity (Wildman–Crippen MR) is 76.9 cm³/mol. The summed E-state index contributed by atoms with van der Waals surface area (Å²) in [5.41, 5.74) is -0.277. The molecule has 1 rings (SSSR count). The van der Waals surface area contributed by atoms with Gasteiger partial charge in [-0.1, -0.05) is 13.8 Å². The van der Waals surface area contributed by atoms with Crippen LogP contribution in [0.1, 0.15) is 42.6 Å². The van der Waals surface area contributed by atoms with Gasteiger partial charge in [0.2, 0.25) is 10.0 Å². The first-order chi connectivity index (χ1) is 9.62. The fourth-order valence-corrected chi connectivity index (χ4v) is 2.64. The highest BCUT2D eigenvalue weighted by molar-refractivity contribution is 7.89. The van der Waals surface area contributed by atoms with Gasteiger partial charge in [0.05, 0.1) is 17.1 Å². The van der Waals surface area contributed by atoms with Crippen LogP contribution in [0.15, 0.2) is 17.0 Å². The van der Waals surface area contributed by atoms with E-state index in [1.165, 1.54) is 6.92 Å². The summed E-state index contributed by atoms with van der Waals surface area (Å²) < 4.78 is 41.5. The van der Waals surface area contributed by atoms with Crippen LogP contribution in [0.3, 0.4) is 0 Å². The predicted octanol–water partition coefficient (Wildman–Crippen LogP) is 2.37. The van der Waals surface area contributed by atoms with Gasteiger partial charge in [-0.25, -0.2) is 22.7 Å². The van der Waals surface area contributed by atoms with Gasteiger partial charge in [0.15, 0.2) is 0 Å². The number of primary sulfonamides is 1. The van der Waals surface area contributed by atoms with Crippen LogP contribution in [-0.4, -0.2) is 21.0 Å². The van der Waals surface area contributed by atoms with Gasteiger partial charge in [0.25, 0.3) is 0 Å². The van der Waals surface area contributed by atoms with E-state index in [4.69, 9.17) is 9.88 Å². The molecule has 7 heteroatoms. The second-order valence-electron chi connectivity index (χ2n) is 5.31. The third-order valence-electron chi connectivity index (χ3n) is 2.95. The fraction of sp³-hybridized carbons (Fsp3) is 0.500. The van der Waals surface area contributed by atoms with E-state index in [1.54, 1.807) is 0 Å². The van der Waals surface area contributed by atoms with E-state index in [2.05, 4.69) is 0 Å². The number of hydrogen-bond acceptors (Lipinski definition) is 4. The molecule has 0 fully saturated rings. The van der Waals surface area contributed by atoms with Gasteiger partial charge in [-0.05, 0) is 43.4 Å². The molecule has 0 heterocycles. The Hall–Kier alpha value is -1.47. The maximum absolute atomic E-state index is 13.8. The minimum Gasteiger partial charge on any atom is -0.462 e. The van der Waals surface area contributed by atoms with Crippen molar-refractivity contribution in [3.05, 3.63) is 29.1 Å². The van der Waals surface area contributed by atoms with Gasteiger partial charge in [-0.3, -0.25) is 0 Å². The zero-order valence-electron chi connectivity index (χ0n) is 12.3. The molecule has 118 valence electrons. The summed E-state index contributed by atoms with van der Waals surface area (Å²) in [6.07, 6.45) is 1.55. The molecule has 0 aliphatic heterocycles. The number of halogens is 1. The summed E-state index contributed by atoms with van der Waals surface area (Å²) >= 11 is 0. The number of benzene rings is 1. The molecule has 0 amide bonds. The van der Waals surface area contributed by atoms with Gasteiger partial charge in [-0.2, -0.15) is 0 Å². The van der Waals surface area contributed by atoms with Crippen molar-refractivity contribution in [2.45, 2.75) is 38.5 Å². The van der Waals surface area contributed by atoms with Crippen molar-refractivity contribution in [1.82, 2.24) is 0 Å². The Morgan fingerprint density at radius 2 is 2.00 bits per heavy atom. The van der Waals surface area contributed by atoms with Crippen LogP contribution >= 0.6 is 0 Å². The number of ether oxygens (including phenoxy) is 1. The number of aryl methyl sites for hydroxylation is 1. The number of esters is 1. The molecule has 0 saturated heterocycles. The molecule has 0 aliphatic carbocycles. The topological polar surface area (TPSA) is 86.5 Å². The quantitative estimate of drug-likeness (QED) is 0.644. The average Bonchev–Trinajstić information content (AvgIpc) is 2.32. The number of carbonyl (C=O) groups is 1. The first-order valence-electron chi connectivity index (χ1n) is 6.63. The summed E-state index contributed by atoms with van der Waals surface area (Å²) in [7, 11) is -4.02. The summed E-state index contributed by atoms with van der Waals surface area (Å²) in [6, 6.07) is 1.88. The van der Waals surface area contributed by atoms with Gasteiger partial charge < -0.3 is 4.74 Å². The summed E-state index contributed by atoms with van der Waals surface area (Å²) in [6.45, 7) is 5.65. The minimum atomic E-state index is -4.02. The summed E-state index contributed by atoms with van der Waals surface area (Å²) in [5, 5.41) is 5.03. The standard InChI is InChI=1S/C14H20FNO4S/c1-9(2)5-4-6-20-14(17)11-8-13(21(16,18)19)10(3)7-12(11)15/h7-9H,4-6H2,1-3H3,(H2,16,18,19). The summed E-state index contributed by atoms with van der Waals surface area (Å²) in [4.78, 5) is 11.5. The third-order valence-corrected chi connectivity index (χ3v) is 4.00. The number of rotatable bonds is 6. The maximum atomic E-state index is 13.8. The number of carbonyl (C=O) groups excluding carboxylic acids is 1. The van der Waals surface area contributed by atoms with Crippen LogP contribution in [0.25, 0.3) is 0 Å². The maximum Gasteiger partial charge on any atom is 0.341 e. The monoisotopic (exact) mass is 317 g/mol. The Balaban J connectivity index is 2.90. The number of hydrogen-bond donors (Lipinski definition) is 1. The van der Waals surface area contributed by atoms with Crippen LogP contribution < -0.4 is 5.14 Å². The van der Waals surface area contributed by atoms with Crippen LogP contribution in [0.4, 0.5) is 4.39 Å². The van der Waals surface area contributed by atoms with Gasteiger partial charge >= 0.3 is 5.97 Å². The molecule has 0 radical (unpaired) electrons. The molecule has 0 spiro atoms. The second kappa shape index (κ2) is 7.00. The lowest BCUT2D eigenvalue weighted by molar-refractivity contribution is 0.0489. The van der Waals surface area contributed by atoms with Crippen LogP contribution in [0, 0.1) is 18.7 Å². The minimum absolute atomic E-state index is 0.145. The van der Waals surface area contributed by atoms with E-state index in [0.29, 0.717) is 12.3 Å². The highest BCUT2D eigenvalue weighted by atomic mass is 32.2. The average molecular weight is 317 g/mol. The molecule has 0 unspecified atom stereocenters. The van der Waals surface area contributed by atoms with Gasteiger partial charge in [-0.15, -0.1) is 0 Å². The molecule has 0 bridgehead atoms. The van der Waals surface area contributed by atoms with E-state index in [1.807, 2.05) is 13.8 Å². The molecule has 2 N–H and O–H groups in total. The van der Waals surface area contributed by atoms with E-state index < -0.39 is 27.4 Å². The normalized spacial score (nSPS) is 11.7. The molecular weight excluding hydrogens is 297 g/mol. The Kier molecular flexibility index (Phi) is 5.86. The molecule has 21 heavy (non-hydrogen) atoms. The van der Waals surface area contributed by atoms with Crippen molar-refractivity contribution in [2.75, 3.05) is 6.61 Å². The van der Waals surface area contributed by atoms with Crippen molar-refractivity contribution in [3.63, 3.8) is 0 Å². The molecule has 5 nitrogen and oxygen atoms in total. The zero-order valence-corrected chi connectivity index (χ0v) is 13.2. The highest BCUT2D eigenvalue weighted by Gasteiger charge is 2.20. The highest BCUT2D eigenvalue weighted by Crippen LogP contribution is 2.20. The zero-order chi connectivity index (χ0) is 16.2. The smallest absolute Gasteiger partial charge is 0.341 e. The number of nitrogens with two attached hydrogens (primary N) is 1. The Bertz CT molecular complexity index is 626. The van der Waals surface area contributed by atoms with Gasteiger partial charge in [0, 0.05) is 0 Å². The Labute approximate surface area is 124 Å². The molecule has 1 aromatic rings. The van der Waals surface area contributed by atoms with E-state index >= 15 is 0 Å². The van der Waals surface area contributed by atoms with Crippen molar-refractivity contribution >= 4 is 16.0 Å². The van der Waals surface area contributed by atoms with E-state index in [9.17, 15) is 17.6 Å². The van der Waals surface area contributed by atoms with E-state index in [-0.39, 0.29) is 17.1 Å². The van der Waals surface area contributed by atoms with Crippen LogP contribution in [0.2, 0.25) is 0 Å². The number of sulfonamides is 1. The lowest BCUT2D eigenvalue weighted by atomic mass is 10.1. The van der Waals surface area contributed by atoms with E-state index in [0.717, 1.165) is 18.6 Å².